The number of hydrogen-bond acceptors (Lipinski definition) is 1. The van der Waals surface area contributed by atoms with Crippen molar-refractivity contribution in [2.75, 3.05) is 0 Å². The third-order valence-electron chi connectivity index (χ3n) is 0. The van der Waals surface area contributed by atoms with Crippen LogP contribution in [0.4, 0.5) is 0 Å². The summed E-state index contributed by atoms with van der Waals surface area (Å²) in [6, 6.07) is 0. The first-order chi connectivity index (χ1) is 1.73. The first-order valence-electron chi connectivity index (χ1n) is 0.928. The fourth-order valence-electron chi connectivity index (χ4n) is 0. The zero-order chi connectivity index (χ0) is 3.58. The van der Waals surface area contributed by atoms with Crippen molar-refractivity contribution in [1.29, 1.82) is 0 Å². The van der Waals surface area contributed by atoms with Crippen LogP contribution in [0.1, 0.15) is 12.6 Å². The van der Waals surface area contributed by atoms with Crippen molar-refractivity contribution in [1.82, 2.24) is 0 Å². The van der Waals surface area contributed by atoms with Crippen LogP contribution in [-0.4, -0.2) is 86.6 Å². The molecule has 32 valence electrons. The minimum absolute atomic E-state index is 0. The topological polar surface area (TPSA) is 37.3 Å². The fourth-order valence-corrected chi connectivity index (χ4v) is 0. The predicted octanol–water partition coefficient (Wildman–Crippen LogP) is -0.221. The molecule has 0 aromatic rings. The number of aliphatic carboxylic acids is 1. The van der Waals surface area contributed by atoms with Crippen molar-refractivity contribution in [2.24, 2.45) is 0 Å². The molecule has 0 aliphatic carbocycles. The van der Waals surface area contributed by atoms with Crippen LogP contribution >= 0.6 is 0 Å². The van der Waals surface area contributed by atoms with Gasteiger partial charge in [-0.25, -0.2) is 0 Å². The SMILES string of the molecule is CC(=O)O.[Ca+2].[Ca+2].[H-].[H-].[H-].[H-]. The summed E-state index contributed by atoms with van der Waals surface area (Å²) in [4.78, 5) is 9.00. The molecule has 0 aliphatic rings. The monoisotopic (exact) mass is 144 g/mol. The van der Waals surface area contributed by atoms with Crippen LogP contribution in [0.5, 0.6) is 0 Å². The summed E-state index contributed by atoms with van der Waals surface area (Å²) in [5, 5.41) is 7.42. The predicted molar refractivity (Wildman–Crippen MR) is 29.3 cm³/mol. The molecule has 4 heteroatoms. The van der Waals surface area contributed by atoms with Crippen molar-refractivity contribution in [3.05, 3.63) is 0 Å². The molecule has 0 heterocycles. The van der Waals surface area contributed by atoms with Crippen LogP contribution in [0.15, 0.2) is 0 Å². The van der Waals surface area contributed by atoms with Crippen LogP contribution in [-0.2, 0) is 4.79 Å². The molecule has 0 radical (unpaired) electrons. The Bertz CT molecular complexity index is 42.2. The molecule has 6 heavy (non-hydrogen) atoms. The average Bonchev–Trinajstić information content (AvgIpc) is 0.811. The Kier molecular flexibility index (Phi) is 26.3. The Labute approximate surface area is 102 Å². The molecule has 0 spiro atoms. The Morgan fingerprint density at radius 2 is 1.67 bits per heavy atom. The van der Waals surface area contributed by atoms with Crippen molar-refractivity contribution in [3.63, 3.8) is 0 Å². The van der Waals surface area contributed by atoms with Gasteiger partial charge in [0.2, 0.25) is 0 Å². The molecule has 0 rings (SSSR count). The Morgan fingerprint density at radius 1 is 1.67 bits per heavy atom. The summed E-state index contributed by atoms with van der Waals surface area (Å²) in [5.74, 6) is -0.833. The summed E-state index contributed by atoms with van der Waals surface area (Å²) < 4.78 is 0. The third kappa shape index (κ3) is 37.7. The molecule has 0 amide bonds. The minimum Gasteiger partial charge on any atom is -1.00 e. The van der Waals surface area contributed by atoms with Gasteiger partial charge >= 0.3 is 75.5 Å². The van der Waals surface area contributed by atoms with Crippen molar-refractivity contribution >= 4 is 81.4 Å². The van der Waals surface area contributed by atoms with E-state index in [4.69, 9.17) is 9.90 Å². The second-order valence-electron chi connectivity index (χ2n) is 0.519. The van der Waals surface area contributed by atoms with Gasteiger partial charge in [-0.2, -0.15) is 0 Å². The van der Waals surface area contributed by atoms with Gasteiger partial charge in [0.1, 0.15) is 0 Å². The molecule has 0 saturated heterocycles. The quantitative estimate of drug-likeness (QED) is 0.477. The smallest absolute Gasteiger partial charge is 1.00 e. The fraction of sp³-hybridized carbons (Fsp3) is 0.500. The van der Waals surface area contributed by atoms with Crippen LogP contribution in [0.2, 0.25) is 0 Å². The van der Waals surface area contributed by atoms with Gasteiger partial charge in [-0.15, -0.1) is 0 Å². The van der Waals surface area contributed by atoms with E-state index in [1.54, 1.807) is 0 Å². The molecule has 0 unspecified atom stereocenters. The Morgan fingerprint density at radius 3 is 1.67 bits per heavy atom. The van der Waals surface area contributed by atoms with E-state index >= 15 is 0 Å². The number of rotatable bonds is 0. The largest absolute Gasteiger partial charge is 2.00 e. The van der Waals surface area contributed by atoms with Crippen molar-refractivity contribution in [2.45, 2.75) is 6.92 Å². The van der Waals surface area contributed by atoms with E-state index in [-0.39, 0.29) is 81.2 Å². The summed E-state index contributed by atoms with van der Waals surface area (Å²) in [5.41, 5.74) is 0. The van der Waals surface area contributed by atoms with Gasteiger partial charge in [-0.1, -0.05) is 0 Å². The Hall–Kier alpha value is 1.99. The maximum Gasteiger partial charge on any atom is 2.00 e. The summed E-state index contributed by atoms with van der Waals surface area (Å²) in [6.07, 6.45) is 0. The van der Waals surface area contributed by atoms with Crippen LogP contribution in [0, 0.1) is 0 Å². The second-order valence-corrected chi connectivity index (χ2v) is 0.519. The van der Waals surface area contributed by atoms with E-state index in [2.05, 4.69) is 0 Å². The second kappa shape index (κ2) is 10.1. The maximum atomic E-state index is 9.00. The zero-order valence-corrected chi connectivity index (χ0v) is 8.19. The van der Waals surface area contributed by atoms with Crippen LogP contribution in [0.25, 0.3) is 0 Å². The number of carbonyl (C=O) groups is 1. The molecule has 1 N–H and O–H groups in total. The number of carboxylic acids is 1. The average molecular weight is 144 g/mol. The first-order valence-corrected chi connectivity index (χ1v) is 0.928. The molecule has 0 saturated carbocycles. The van der Waals surface area contributed by atoms with E-state index in [9.17, 15) is 0 Å². The van der Waals surface area contributed by atoms with Crippen LogP contribution < -0.4 is 0 Å². The van der Waals surface area contributed by atoms with Gasteiger partial charge in [0.25, 0.3) is 5.97 Å². The normalized spacial score (nSPS) is 4.17. The van der Waals surface area contributed by atoms with E-state index in [1.807, 2.05) is 0 Å². The van der Waals surface area contributed by atoms with Crippen molar-refractivity contribution < 1.29 is 15.6 Å². The molecule has 0 aliphatic heterocycles. The molecular formula is C2H8Ca2O2. The minimum atomic E-state index is -0.833. The zero-order valence-electron chi connectivity index (χ0n) is 7.77. The van der Waals surface area contributed by atoms with E-state index in [0.717, 1.165) is 6.92 Å². The van der Waals surface area contributed by atoms with Gasteiger partial charge < -0.3 is 10.8 Å². The number of carboxylic acid groups (broad SMARTS) is 1. The summed E-state index contributed by atoms with van der Waals surface area (Å²) >= 11 is 0. The van der Waals surface area contributed by atoms with Gasteiger partial charge in [0.05, 0.1) is 0 Å². The molecular weight excluding hydrogens is 136 g/mol. The van der Waals surface area contributed by atoms with Gasteiger partial charge in [-0.05, 0) is 0 Å². The first kappa shape index (κ1) is 15.7. The molecule has 0 aromatic carbocycles. The Balaban J connectivity index is -0.00000000300. The molecule has 0 atom stereocenters. The van der Waals surface area contributed by atoms with Gasteiger partial charge in [0.15, 0.2) is 0 Å². The molecule has 0 fully saturated rings. The third-order valence-corrected chi connectivity index (χ3v) is 0. The van der Waals surface area contributed by atoms with Crippen molar-refractivity contribution in [3.8, 4) is 0 Å². The van der Waals surface area contributed by atoms with E-state index in [1.165, 1.54) is 0 Å². The summed E-state index contributed by atoms with van der Waals surface area (Å²) in [7, 11) is 0. The maximum absolute atomic E-state index is 9.00. The molecule has 0 aromatic heterocycles. The van der Waals surface area contributed by atoms with Gasteiger partial charge in [0, 0.05) is 6.92 Å². The molecule has 0 bridgehead atoms. The van der Waals surface area contributed by atoms with Crippen LogP contribution in [0.3, 0.4) is 0 Å². The number of hydrogen-bond donors (Lipinski definition) is 1. The van der Waals surface area contributed by atoms with E-state index in [0.29, 0.717) is 0 Å². The summed E-state index contributed by atoms with van der Waals surface area (Å²) in [6.45, 7) is 1.08. The van der Waals surface area contributed by atoms with E-state index < -0.39 is 5.97 Å². The molecule has 2 nitrogen and oxygen atoms in total. The standard InChI is InChI=1S/C2H4O2.2Ca.4H/c1-2(3)4;;;;;;/h1H3,(H,3,4);;;;;;/q;2*+2;4*-1. The van der Waals surface area contributed by atoms with Gasteiger partial charge in [-0.3, -0.25) is 4.79 Å².